The number of likely N-dealkylation sites (tertiary alicyclic amines) is 1. The second kappa shape index (κ2) is 12.7. The lowest BCUT2D eigenvalue weighted by atomic mass is 9.59. The molecule has 44 heavy (non-hydrogen) atoms. The molecule has 2 aliphatic heterocycles. The van der Waals surface area contributed by atoms with Crippen molar-refractivity contribution in [3.05, 3.63) is 59.9 Å². The van der Waals surface area contributed by atoms with E-state index in [0.717, 1.165) is 89.8 Å². The predicted octanol–water partition coefficient (Wildman–Crippen LogP) is 5.29. The third-order valence-electron chi connectivity index (χ3n) is 10.8. The van der Waals surface area contributed by atoms with Crippen LogP contribution < -0.4 is 10.2 Å². The number of sulfone groups is 1. The molecule has 0 bridgehead atoms. The quantitative estimate of drug-likeness (QED) is 0.406. The molecule has 4 aliphatic rings. The number of carbonyl (C=O) groups is 1. The molecule has 2 aromatic rings. The van der Waals surface area contributed by atoms with Gasteiger partial charge in [0.05, 0.1) is 28.7 Å². The predicted molar refractivity (Wildman–Crippen MR) is 166 cm³/mol. The molecule has 3 atom stereocenters. The highest BCUT2D eigenvalue weighted by Gasteiger charge is 2.52. The molecule has 236 valence electrons. The SMILES string of the molecule is COC(=O)N[C@H]1CCC[C@@H]1[C@](C#N)(c1cccc(F)c1)C1CCN(CC2CN(c3ccc(S(=O)(=O)C4CCC4)cc3)C2)CC1. The molecule has 2 saturated carbocycles. The normalized spacial score (nSPS) is 25.0. The Balaban J connectivity index is 1.08. The van der Waals surface area contributed by atoms with E-state index in [1.54, 1.807) is 18.2 Å². The van der Waals surface area contributed by atoms with Gasteiger partial charge in [0.15, 0.2) is 9.84 Å². The molecule has 1 amide bonds. The molecule has 6 rings (SSSR count). The van der Waals surface area contributed by atoms with Gasteiger partial charge in [-0.3, -0.25) is 0 Å². The number of carbonyl (C=O) groups excluding carboxylic acids is 1. The molecule has 4 fully saturated rings. The van der Waals surface area contributed by atoms with Crippen molar-refractivity contribution < 1.29 is 22.3 Å². The number of piperidine rings is 1. The molecule has 8 nitrogen and oxygen atoms in total. The Hall–Kier alpha value is -3.16. The summed E-state index contributed by atoms with van der Waals surface area (Å²) >= 11 is 0. The Labute approximate surface area is 260 Å². The second-order valence-electron chi connectivity index (χ2n) is 13.2. The first-order valence-corrected chi connectivity index (χ1v) is 17.6. The summed E-state index contributed by atoms with van der Waals surface area (Å²) in [4.78, 5) is 17.4. The van der Waals surface area contributed by atoms with E-state index in [1.165, 1.54) is 19.2 Å². The summed E-state index contributed by atoms with van der Waals surface area (Å²) in [6.07, 6.45) is 6.17. The average molecular weight is 623 g/mol. The topological polar surface area (TPSA) is 103 Å². The lowest BCUT2D eigenvalue weighted by molar-refractivity contribution is 0.0938. The van der Waals surface area contributed by atoms with Crippen LogP contribution in [0.1, 0.15) is 56.9 Å². The summed E-state index contributed by atoms with van der Waals surface area (Å²) in [7, 11) is -1.86. The zero-order chi connectivity index (χ0) is 30.9. The molecular weight excluding hydrogens is 579 g/mol. The van der Waals surface area contributed by atoms with Crippen molar-refractivity contribution >= 4 is 21.6 Å². The van der Waals surface area contributed by atoms with Crippen LogP contribution in [-0.4, -0.2) is 70.5 Å². The molecule has 0 unspecified atom stereocenters. The summed E-state index contributed by atoms with van der Waals surface area (Å²) in [6, 6.07) is 16.4. The van der Waals surface area contributed by atoms with E-state index in [-0.39, 0.29) is 28.9 Å². The number of methoxy groups -OCH3 is 1. The van der Waals surface area contributed by atoms with E-state index < -0.39 is 21.3 Å². The van der Waals surface area contributed by atoms with Gasteiger partial charge in [-0.1, -0.05) is 25.0 Å². The van der Waals surface area contributed by atoms with Crippen LogP contribution in [0, 0.1) is 34.9 Å². The molecule has 0 radical (unpaired) electrons. The molecule has 2 aliphatic carbocycles. The highest BCUT2D eigenvalue weighted by atomic mass is 32.2. The van der Waals surface area contributed by atoms with Gasteiger partial charge in [0.25, 0.3) is 0 Å². The summed E-state index contributed by atoms with van der Waals surface area (Å²) in [6.45, 7) is 4.59. The Morgan fingerprint density at radius 2 is 1.75 bits per heavy atom. The van der Waals surface area contributed by atoms with Gasteiger partial charge in [0.2, 0.25) is 0 Å². The van der Waals surface area contributed by atoms with Crippen LogP contribution in [0.3, 0.4) is 0 Å². The fourth-order valence-electron chi connectivity index (χ4n) is 8.18. The van der Waals surface area contributed by atoms with Crippen molar-refractivity contribution in [2.75, 3.05) is 44.7 Å². The van der Waals surface area contributed by atoms with Gasteiger partial charge in [0.1, 0.15) is 5.82 Å². The van der Waals surface area contributed by atoms with Gasteiger partial charge in [0, 0.05) is 43.2 Å². The third-order valence-corrected chi connectivity index (χ3v) is 13.1. The minimum atomic E-state index is -3.20. The molecule has 0 aromatic heterocycles. The van der Waals surface area contributed by atoms with Crippen LogP contribution in [0.2, 0.25) is 0 Å². The first-order chi connectivity index (χ1) is 21.2. The number of rotatable bonds is 9. The number of amides is 1. The van der Waals surface area contributed by atoms with Gasteiger partial charge < -0.3 is 19.9 Å². The number of benzene rings is 2. The van der Waals surface area contributed by atoms with Crippen molar-refractivity contribution in [2.45, 2.75) is 73.0 Å². The highest BCUT2D eigenvalue weighted by molar-refractivity contribution is 7.92. The number of halogens is 1. The van der Waals surface area contributed by atoms with Crippen molar-refractivity contribution in [3.8, 4) is 6.07 Å². The first-order valence-electron chi connectivity index (χ1n) is 16.1. The van der Waals surface area contributed by atoms with Crippen LogP contribution in [0.15, 0.2) is 53.4 Å². The summed E-state index contributed by atoms with van der Waals surface area (Å²) in [5.41, 5.74) is 0.873. The Morgan fingerprint density at radius 3 is 2.36 bits per heavy atom. The van der Waals surface area contributed by atoms with Crippen molar-refractivity contribution in [1.82, 2.24) is 10.2 Å². The molecule has 10 heteroatoms. The number of nitriles is 1. The molecule has 0 spiro atoms. The largest absolute Gasteiger partial charge is 0.453 e. The van der Waals surface area contributed by atoms with Gasteiger partial charge in [-0.25, -0.2) is 17.6 Å². The lowest BCUT2D eigenvalue weighted by Crippen LogP contribution is -2.55. The van der Waals surface area contributed by atoms with E-state index in [2.05, 4.69) is 21.2 Å². The standard InChI is InChI=1S/C34H43FN4O4S/c1-43-33(40)37-32-10-4-9-31(32)34(23-36,26-5-2-6-27(35)19-26)25-15-17-38(18-16-25)20-24-21-39(22-24)28-11-13-30(14-12-28)44(41,42)29-7-3-8-29/h2,5-6,11-14,19,24-25,29,31-32H,3-4,7-10,15-18,20-22H2,1H3,(H,37,40)/t31-,32-,34-/m0/s1. The maximum atomic E-state index is 14.5. The van der Waals surface area contributed by atoms with Gasteiger partial charge in [-0.15, -0.1) is 0 Å². The number of nitrogens with zero attached hydrogens (tertiary/aromatic N) is 3. The zero-order valence-corrected chi connectivity index (χ0v) is 26.3. The van der Waals surface area contributed by atoms with Crippen LogP contribution in [0.25, 0.3) is 0 Å². The van der Waals surface area contributed by atoms with Crippen LogP contribution in [-0.2, 0) is 20.0 Å². The smallest absolute Gasteiger partial charge is 0.407 e. The summed E-state index contributed by atoms with van der Waals surface area (Å²) in [5.74, 6) is 0.0972. The van der Waals surface area contributed by atoms with E-state index >= 15 is 0 Å². The number of nitrogens with one attached hydrogen (secondary N) is 1. The fourth-order valence-corrected chi connectivity index (χ4v) is 10.0. The third kappa shape index (κ3) is 5.81. The van der Waals surface area contributed by atoms with E-state index in [1.807, 2.05) is 18.2 Å². The van der Waals surface area contributed by atoms with E-state index in [9.17, 15) is 22.9 Å². The maximum absolute atomic E-state index is 14.5. The van der Waals surface area contributed by atoms with Gasteiger partial charge in [-0.2, -0.15) is 5.26 Å². The van der Waals surface area contributed by atoms with Crippen LogP contribution in [0.4, 0.5) is 14.9 Å². The van der Waals surface area contributed by atoms with E-state index in [4.69, 9.17) is 4.74 Å². The van der Waals surface area contributed by atoms with Gasteiger partial charge >= 0.3 is 6.09 Å². The Morgan fingerprint density at radius 1 is 1.05 bits per heavy atom. The molecule has 2 saturated heterocycles. The van der Waals surface area contributed by atoms with Crippen LogP contribution >= 0.6 is 0 Å². The minimum Gasteiger partial charge on any atom is -0.453 e. The van der Waals surface area contributed by atoms with Crippen LogP contribution in [0.5, 0.6) is 0 Å². The molecule has 1 N–H and O–H groups in total. The number of hydrogen-bond acceptors (Lipinski definition) is 7. The Bertz CT molecular complexity index is 1480. The van der Waals surface area contributed by atoms with Crippen molar-refractivity contribution in [1.29, 1.82) is 5.26 Å². The summed E-state index contributed by atoms with van der Waals surface area (Å²) < 4.78 is 44.9. The van der Waals surface area contributed by atoms with Crippen molar-refractivity contribution in [2.24, 2.45) is 17.8 Å². The second-order valence-corrected chi connectivity index (χ2v) is 15.4. The molecular formula is C34H43FN4O4S. The summed E-state index contributed by atoms with van der Waals surface area (Å²) in [5, 5.41) is 13.6. The van der Waals surface area contributed by atoms with Gasteiger partial charge in [-0.05, 0) is 99.5 Å². The fraction of sp³-hybridized carbons (Fsp3) is 0.588. The number of alkyl carbamates (subject to hydrolysis) is 1. The zero-order valence-electron chi connectivity index (χ0n) is 25.5. The highest BCUT2D eigenvalue weighted by Crippen LogP contribution is 2.50. The number of ether oxygens (including phenoxy) is 1. The average Bonchev–Trinajstić information content (AvgIpc) is 3.43. The minimum absolute atomic E-state index is 0.0446. The molecule has 2 aromatic carbocycles. The number of anilines is 1. The number of hydrogen-bond donors (Lipinski definition) is 1. The lowest BCUT2D eigenvalue weighted by Gasteiger charge is -2.48. The maximum Gasteiger partial charge on any atom is 0.407 e. The Kier molecular flexibility index (Phi) is 8.89. The molecule has 2 heterocycles. The van der Waals surface area contributed by atoms with Crippen molar-refractivity contribution in [3.63, 3.8) is 0 Å². The first kappa shape index (κ1) is 30.8. The van der Waals surface area contributed by atoms with E-state index in [0.29, 0.717) is 16.4 Å². The monoisotopic (exact) mass is 622 g/mol.